The van der Waals surface area contributed by atoms with E-state index in [-0.39, 0.29) is 0 Å². The molecule has 268 valence electrons. The number of fused-ring (bicyclic) bond motifs is 11. The number of furan rings is 2. The van der Waals surface area contributed by atoms with E-state index in [2.05, 4.69) is 140 Å². The molecule has 8 aromatic carbocycles. The van der Waals surface area contributed by atoms with Crippen molar-refractivity contribution < 1.29 is 8.83 Å². The first-order chi connectivity index (χ1) is 28.0. The standard InChI is InChI=1S/C51H33N3O2Si/c1-57(2)43-24-10-7-19-37(43)47-44(57)29-39(46-36-18-6-9-22-41(36)56-48(46)47)51-53-49(34-16-11-15-32(28-34)33-26-25-30-13-3-4-14-31(30)27-33)52-50(54-51)38-20-12-23-42-45(38)35-17-5-8-21-40(35)55-42/h3-29H,1-2H3. The van der Waals surface area contributed by atoms with E-state index in [1.54, 1.807) is 0 Å². The summed E-state index contributed by atoms with van der Waals surface area (Å²) in [7, 11) is -2.13. The second-order valence-electron chi connectivity index (χ2n) is 15.5. The van der Waals surface area contributed by atoms with Gasteiger partial charge in [-0.15, -0.1) is 0 Å². The molecule has 12 rings (SSSR count). The molecule has 6 heteroatoms. The largest absolute Gasteiger partial charge is 0.456 e. The van der Waals surface area contributed by atoms with Gasteiger partial charge in [0, 0.05) is 43.8 Å². The summed E-state index contributed by atoms with van der Waals surface area (Å²) >= 11 is 0. The fraction of sp³-hybridized carbons (Fsp3) is 0.0392. The highest BCUT2D eigenvalue weighted by atomic mass is 28.3. The smallest absolute Gasteiger partial charge is 0.164 e. The van der Waals surface area contributed by atoms with Crippen LogP contribution in [-0.4, -0.2) is 23.0 Å². The average Bonchev–Trinajstić information content (AvgIpc) is 3.91. The maximum Gasteiger partial charge on any atom is 0.164 e. The van der Waals surface area contributed by atoms with Crippen molar-refractivity contribution in [2.24, 2.45) is 0 Å². The molecule has 0 fully saturated rings. The molecule has 0 unspecified atom stereocenters. The highest BCUT2D eigenvalue weighted by Crippen LogP contribution is 2.44. The maximum absolute atomic E-state index is 6.87. The van der Waals surface area contributed by atoms with Crippen LogP contribution >= 0.6 is 0 Å². The van der Waals surface area contributed by atoms with Crippen LogP contribution in [0.5, 0.6) is 0 Å². The molecule has 0 bridgehead atoms. The first-order valence-corrected chi connectivity index (χ1v) is 22.3. The second kappa shape index (κ2) is 11.9. The number of rotatable bonds is 4. The summed E-state index contributed by atoms with van der Waals surface area (Å²) in [6.07, 6.45) is 0. The fourth-order valence-electron chi connectivity index (χ4n) is 9.14. The summed E-state index contributed by atoms with van der Waals surface area (Å²) in [4.78, 5) is 16.1. The Kier molecular flexibility index (Phi) is 6.72. The second-order valence-corrected chi connectivity index (χ2v) is 19.9. The van der Waals surface area contributed by atoms with Gasteiger partial charge in [0.1, 0.15) is 30.4 Å². The minimum absolute atomic E-state index is 0.588. The third-order valence-corrected chi connectivity index (χ3v) is 15.4. The fourth-order valence-corrected chi connectivity index (χ4v) is 12.2. The topological polar surface area (TPSA) is 65.0 Å². The van der Waals surface area contributed by atoms with Crippen LogP contribution in [0.15, 0.2) is 173 Å². The molecule has 0 spiro atoms. The minimum atomic E-state index is -2.13. The van der Waals surface area contributed by atoms with Gasteiger partial charge in [-0.25, -0.2) is 15.0 Å². The van der Waals surface area contributed by atoms with Gasteiger partial charge < -0.3 is 8.83 Å². The van der Waals surface area contributed by atoms with Crippen molar-refractivity contribution in [2.75, 3.05) is 0 Å². The Morgan fingerprint density at radius 3 is 1.88 bits per heavy atom. The molecule has 1 aliphatic rings. The van der Waals surface area contributed by atoms with Crippen LogP contribution in [0.1, 0.15) is 0 Å². The molecule has 0 radical (unpaired) electrons. The quantitative estimate of drug-likeness (QED) is 0.168. The van der Waals surface area contributed by atoms with Crippen LogP contribution in [0.3, 0.4) is 0 Å². The lowest BCUT2D eigenvalue weighted by atomic mass is 9.97. The zero-order chi connectivity index (χ0) is 37.8. The van der Waals surface area contributed by atoms with Crippen LogP contribution in [0.25, 0.3) is 111 Å². The Hall–Kier alpha value is -7.15. The van der Waals surface area contributed by atoms with Gasteiger partial charge in [0.25, 0.3) is 0 Å². The van der Waals surface area contributed by atoms with E-state index in [0.717, 1.165) is 71.7 Å². The zero-order valence-corrected chi connectivity index (χ0v) is 32.2. The number of benzene rings is 8. The predicted molar refractivity (Wildman–Crippen MR) is 236 cm³/mol. The van der Waals surface area contributed by atoms with E-state index >= 15 is 0 Å². The van der Waals surface area contributed by atoms with Crippen LogP contribution in [-0.2, 0) is 0 Å². The molecule has 0 saturated heterocycles. The molecule has 3 aromatic heterocycles. The molecule has 1 aliphatic heterocycles. The molecular weight excluding hydrogens is 715 g/mol. The van der Waals surface area contributed by atoms with Crippen LogP contribution in [0, 0.1) is 0 Å². The number of para-hydroxylation sites is 2. The van der Waals surface area contributed by atoms with E-state index in [4.69, 9.17) is 23.8 Å². The van der Waals surface area contributed by atoms with Gasteiger partial charge >= 0.3 is 0 Å². The van der Waals surface area contributed by atoms with Crippen LogP contribution in [0.2, 0.25) is 13.1 Å². The molecule has 11 aromatic rings. The van der Waals surface area contributed by atoms with Gasteiger partial charge in [-0.2, -0.15) is 0 Å². The first-order valence-electron chi connectivity index (χ1n) is 19.3. The Morgan fingerprint density at radius 1 is 0.404 bits per heavy atom. The monoisotopic (exact) mass is 747 g/mol. The molecule has 0 aliphatic carbocycles. The van der Waals surface area contributed by atoms with Gasteiger partial charge in [0.15, 0.2) is 17.5 Å². The Bertz CT molecular complexity index is 3470. The SMILES string of the molecule is C[Si]1(C)c2ccccc2-c2c1cc(-c1nc(-c3cccc(-c4ccc5ccccc5c4)c3)nc(-c3cccc4oc5ccccc5c34)n1)c1c2oc2ccccc21. The summed E-state index contributed by atoms with van der Waals surface area (Å²) in [6, 6.07) is 57.5. The zero-order valence-electron chi connectivity index (χ0n) is 31.2. The van der Waals surface area contributed by atoms with E-state index in [1.807, 2.05) is 36.4 Å². The lowest BCUT2D eigenvalue weighted by Gasteiger charge is -2.19. The summed E-state index contributed by atoms with van der Waals surface area (Å²) in [5.41, 5.74) is 10.8. The summed E-state index contributed by atoms with van der Waals surface area (Å²) in [5.74, 6) is 1.80. The van der Waals surface area contributed by atoms with Crippen molar-refractivity contribution >= 4 is 73.1 Å². The Morgan fingerprint density at radius 2 is 1.02 bits per heavy atom. The van der Waals surface area contributed by atoms with Gasteiger partial charge in [-0.05, 0) is 74.2 Å². The lowest BCUT2D eigenvalue weighted by molar-refractivity contribution is 0.669. The Balaban J connectivity index is 1.15. The predicted octanol–water partition coefficient (Wildman–Crippen LogP) is 12.3. The normalized spacial score (nSPS) is 13.2. The molecule has 0 saturated carbocycles. The van der Waals surface area contributed by atoms with Crippen molar-refractivity contribution in [3.05, 3.63) is 164 Å². The number of hydrogen-bond donors (Lipinski definition) is 0. The van der Waals surface area contributed by atoms with Crippen LogP contribution in [0.4, 0.5) is 0 Å². The number of aromatic nitrogens is 3. The summed E-state index contributed by atoms with van der Waals surface area (Å²) < 4.78 is 13.2. The van der Waals surface area contributed by atoms with Crippen molar-refractivity contribution in [2.45, 2.75) is 13.1 Å². The third kappa shape index (κ3) is 4.77. The lowest BCUT2D eigenvalue weighted by Crippen LogP contribution is -2.49. The highest BCUT2D eigenvalue weighted by Gasteiger charge is 2.40. The Labute approximate surface area is 328 Å². The molecule has 0 atom stereocenters. The van der Waals surface area contributed by atoms with E-state index in [1.165, 1.54) is 32.3 Å². The van der Waals surface area contributed by atoms with Gasteiger partial charge in [-0.1, -0.05) is 140 Å². The molecule has 0 amide bonds. The van der Waals surface area contributed by atoms with E-state index < -0.39 is 8.07 Å². The van der Waals surface area contributed by atoms with Gasteiger partial charge in [-0.3, -0.25) is 0 Å². The van der Waals surface area contributed by atoms with E-state index in [0.29, 0.717) is 17.5 Å². The first kappa shape index (κ1) is 32.1. The molecule has 0 N–H and O–H groups in total. The molecular formula is C51H33N3O2Si. The summed E-state index contributed by atoms with van der Waals surface area (Å²) in [5, 5.41) is 9.23. The number of hydrogen-bond acceptors (Lipinski definition) is 5. The number of nitrogens with zero attached hydrogens (tertiary/aromatic N) is 3. The molecule has 5 nitrogen and oxygen atoms in total. The van der Waals surface area contributed by atoms with Crippen molar-refractivity contribution in [3.63, 3.8) is 0 Å². The highest BCUT2D eigenvalue weighted by molar-refractivity contribution is 7.04. The molecule has 57 heavy (non-hydrogen) atoms. The van der Waals surface area contributed by atoms with Crippen LogP contribution < -0.4 is 10.4 Å². The maximum atomic E-state index is 6.87. The molecule has 4 heterocycles. The van der Waals surface area contributed by atoms with E-state index in [9.17, 15) is 0 Å². The van der Waals surface area contributed by atoms with Crippen molar-refractivity contribution in [1.29, 1.82) is 0 Å². The summed E-state index contributed by atoms with van der Waals surface area (Å²) in [6.45, 7) is 4.87. The van der Waals surface area contributed by atoms with Crippen molar-refractivity contribution in [1.82, 2.24) is 15.0 Å². The average molecular weight is 748 g/mol. The minimum Gasteiger partial charge on any atom is -0.456 e. The van der Waals surface area contributed by atoms with Gasteiger partial charge in [0.2, 0.25) is 0 Å². The van der Waals surface area contributed by atoms with Crippen molar-refractivity contribution in [3.8, 4) is 56.4 Å². The van der Waals surface area contributed by atoms with Gasteiger partial charge in [0.05, 0.1) is 0 Å². The third-order valence-electron chi connectivity index (χ3n) is 11.9.